The number of piperidine rings is 2. The van der Waals surface area contributed by atoms with Crippen molar-refractivity contribution < 1.29 is 13.2 Å². The summed E-state index contributed by atoms with van der Waals surface area (Å²) in [6, 6.07) is 5.57. The number of benzene rings is 1. The Morgan fingerprint density at radius 3 is 2.53 bits per heavy atom. The lowest BCUT2D eigenvalue weighted by molar-refractivity contribution is -0.126. The van der Waals surface area contributed by atoms with Gasteiger partial charge >= 0.3 is 0 Å². The van der Waals surface area contributed by atoms with Gasteiger partial charge in [-0.2, -0.15) is 0 Å². The third-order valence-electron chi connectivity index (χ3n) is 6.69. The minimum atomic E-state index is -3.46. The van der Waals surface area contributed by atoms with E-state index in [0.717, 1.165) is 13.0 Å². The highest BCUT2D eigenvalue weighted by molar-refractivity contribution is 7.88. The molecule has 1 aromatic carbocycles. The fourth-order valence-electron chi connectivity index (χ4n) is 4.78. The number of halogens is 2. The second-order valence-corrected chi connectivity index (χ2v) is 11.7. The van der Waals surface area contributed by atoms with Crippen molar-refractivity contribution in [2.45, 2.75) is 63.7 Å². The Hall–Kier alpha value is -0.860. The van der Waals surface area contributed by atoms with E-state index in [1.807, 2.05) is 0 Å². The summed E-state index contributed by atoms with van der Waals surface area (Å²) in [5.41, 5.74) is 0.610. The van der Waals surface area contributed by atoms with Gasteiger partial charge in [-0.1, -0.05) is 42.6 Å². The summed E-state index contributed by atoms with van der Waals surface area (Å²) in [4.78, 5) is 15.1. The smallest absolute Gasteiger partial charge is 0.223 e. The highest BCUT2D eigenvalue weighted by atomic mass is 35.5. The van der Waals surface area contributed by atoms with Crippen LogP contribution in [0.15, 0.2) is 18.2 Å². The second kappa shape index (κ2) is 12.0. The zero-order chi connectivity index (χ0) is 23.1. The van der Waals surface area contributed by atoms with Crippen LogP contribution in [0, 0.1) is 5.92 Å². The quantitative estimate of drug-likeness (QED) is 0.509. The van der Waals surface area contributed by atoms with E-state index in [1.54, 1.807) is 18.2 Å². The highest BCUT2D eigenvalue weighted by Crippen LogP contribution is 2.26. The first-order valence-corrected chi connectivity index (χ1v) is 14.1. The minimum Gasteiger partial charge on any atom is -0.356 e. The van der Waals surface area contributed by atoms with E-state index >= 15 is 0 Å². The molecule has 32 heavy (non-hydrogen) atoms. The van der Waals surface area contributed by atoms with Crippen LogP contribution in [0.2, 0.25) is 10.0 Å². The van der Waals surface area contributed by atoms with Crippen LogP contribution in [0.5, 0.6) is 0 Å². The lowest BCUT2D eigenvalue weighted by Gasteiger charge is -2.35. The fraction of sp³-hybridized carbons (Fsp3) is 0.696. The molecule has 1 N–H and O–H groups in total. The first-order chi connectivity index (χ1) is 15.3. The standard InChI is InChI=1S/C23H35Cl2N3O3S/c1-2-20-6-3-4-12-27(20)13-5-11-26-23(29)19-9-14-28(15-10-19)32(30,31)17-18-7-8-21(24)22(25)16-18/h7-8,16,19-20H,2-6,9-15,17H2,1H3,(H,26,29). The molecule has 1 amide bonds. The number of hydrogen-bond acceptors (Lipinski definition) is 4. The van der Waals surface area contributed by atoms with E-state index in [4.69, 9.17) is 23.2 Å². The molecule has 2 fully saturated rings. The molecule has 1 unspecified atom stereocenters. The SMILES string of the molecule is CCC1CCCCN1CCCNC(=O)C1CCN(S(=O)(=O)Cc2ccc(Cl)c(Cl)c2)CC1. The fourth-order valence-corrected chi connectivity index (χ4v) is 6.65. The number of rotatable bonds is 9. The van der Waals surface area contributed by atoms with Gasteiger partial charge in [0.2, 0.25) is 15.9 Å². The van der Waals surface area contributed by atoms with Gasteiger partial charge in [0.1, 0.15) is 0 Å². The molecule has 180 valence electrons. The van der Waals surface area contributed by atoms with E-state index in [0.29, 0.717) is 54.1 Å². The van der Waals surface area contributed by atoms with E-state index in [9.17, 15) is 13.2 Å². The largest absolute Gasteiger partial charge is 0.356 e. The van der Waals surface area contributed by atoms with Crippen molar-refractivity contribution in [3.8, 4) is 0 Å². The molecule has 0 saturated carbocycles. The molecule has 0 radical (unpaired) electrons. The number of carbonyl (C=O) groups is 1. The minimum absolute atomic E-state index is 0.0530. The number of amides is 1. The third-order valence-corrected chi connectivity index (χ3v) is 9.28. The molecular formula is C23H35Cl2N3O3S. The molecule has 1 atom stereocenters. The van der Waals surface area contributed by atoms with Crippen LogP contribution in [0.25, 0.3) is 0 Å². The maximum atomic E-state index is 12.8. The molecule has 1 aromatic rings. The number of sulfonamides is 1. The molecule has 3 rings (SSSR count). The molecule has 9 heteroatoms. The van der Waals surface area contributed by atoms with Crippen molar-refractivity contribution in [2.75, 3.05) is 32.7 Å². The molecule has 2 aliphatic rings. The zero-order valence-electron chi connectivity index (χ0n) is 18.9. The molecule has 0 bridgehead atoms. The summed E-state index contributed by atoms with van der Waals surface area (Å²) in [6.45, 7) is 5.87. The van der Waals surface area contributed by atoms with Crippen LogP contribution in [0.4, 0.5) is 0 Å². The first kappa shape index (κ1) is 25.8. The Labute approximate surface area is 202 Å². The Balaban J connectivity index is 1.39. The number of hydrogen-bond donors (Lipinski definition) is 1. The van der Waals surface area contributed by atoms with Gasteiger partial charge in [-0.25, -0.2) is 12.7 Å². The number of likely N-dealkylation sites (tertiary alicyclic amines) is 1. The van der Waals surface area contributed by atoms with Crippen molar-refractivity contribution in [1.29, 1.82) is 0 Å². The maximum absolute atomic E-state index is 12.8. The van der Waals surface area contributed by atoms with Gasteiger partial charge in [-0.15, -0.1) is 0 Å². The van der Waals surface area contributed by atoms with Crippen molar-refractivity contribution >= 4 is 39.1 Å². The first-order valence-electron chi connectivity index (χ1n) is 11.7. The zero-order valence-corrected chi connectivity index (χ0v) is 21.2. The average Bonchev–Trinajstić information content (AvgIpc) is 2.79. The summed E-state index contributed by atoms with van der Waals surface area (Å²) >= 11 is 11.9. The molecule has 0 spiro atoms. The monoisotopic (exact) mass is 503 g/mol. The van der Waals surface area contributed by atoms with Gasteiger partial charge in [-0.05, 0) is 62.8 Å². The molecule has 2 aliphatic heterocycles. The van der Waals surface area contributed by atoms with Crippen LogP contribution < -0.4 is 5.32 Å². The van der Waals surface area contributed by atoms with Crippen LogP contribution in [0.1, 0.15) is 57.4 Å². The molecule has 2 saturated heterocycles. The summed E-state index contributed by atoms with van der Waals surface area (Å²) in [7, 11) is -3.46. The summed E-state index contributed by atoms with van der Waals surface area (Å²) in [5, 5.41) is 3.82. The van der Waals surface area contributed by atoms with Crippen molar-refractivity contribution in [2.24, 2.45) is 5.92 Å². The lowest BCUT2D eigenvalue weighted by atomic mass is 9.97. The van der Waals surface area contributed by atoms with Crippen LogP contribution >= 0.6 is 23.2 Å². The average molecular weight is 505 g/mol. The Kier molecular flexibility index (Phi) is 9.68. The van der Waals surface area contributed by atoms with Gasteiger partial charge in [0.15, 0.2) is 0 Å². The van der Waals surface area contributed by atoms with Gasteiger partial charge in [-0.3, -0.25) is 4.79 Å². The van der Waals surface area contributed by atoms with E-state index in [-0.39, 0.29) is 17.6 Å². The predicted octanol–water partition coefficient (Wildman–Crippen LogP) is 4.31. The van der Waals surface area contributed by atoms with Crippen molar-refractivity contribution in [1.82, 2.24) is 14.5 Å². The summed E-state index contributed by atoms with van der Waals surface area (Å²) in [6.07, 6.45) is 7.14. The van der Waals surface area contributed by atoms with E-state index < -0.39 is 10.0 Å². The lowest BCUT2D eigenvalue weighted by Crippen LogP contribution is -2.44. The van der Waals surface area contributed by atoms with Gasteiger partial charge in [0.25, 0.3) is 0 Å². The molecule has 0 aromatic heterocycles. The van der Waals surface area contributed by atoms with Gasteiger partial charge in [0.05, 0.1) is 15.8 Å². The van der Waals surface area contributed by atoms with Crippen LogP contribution in [-0.2, 0) is 20.6 Å². The molecule has 0 aliphatic carbocycles. The van der Waals surface area contributed by atoms with Crippen molar-refractivity contribution in [3.05, 3.63) is 33.8 Å². The topological polar surface area (TPSA) is 69.7 Å². The normalized spacial score (nSPS) is 21.5. The molecule has 6 nitrogen and oxygen atoms in total. The van der Waals surface area contributed by atoms with Crippen molar-refractivity contribution in [3.63, 3.8) is 0 Å². The highest BCUT2D eigenvalue weighted by Gasteiger charge is 2.31. The van der Waals surface area contributed by atoms with E-state index in [2.05, 4.69) is 17.1 Å². The van der Waals surface area contributed by atoms with Crippen LogP contribution in [-0.4, -0.2) is 62.3 Å². The van der Waals surface area contributed by atoms with E-state index in [1.165, 1.54) is 36.5 Å². The summed E-state index contributed by atoms with van der Waals surface area (Å²) < 4.78 is 27.1. The third kappa shape index (κ3) is 7.07. The molecular weight excluding hydrogens is 469 g/mol. The summed E-state index contributed by atoms with van der Waals surface area (Å²) in [5.74, 6) is -0.183. The Morgan fingerprint density at radius 2 is 1.84 bits per heavy atom. The van der Waals surface area contributed by atoms with Crippen LogP contribution in [0.3, 0.4) is 0 Å². The van der Waals surface area contributed by atoms with Gasteiger partial charge in [0, 0.05) is 38.1 Å². The number of carbonyl (C=O) groups excluding carboxylic acids is 1. The molecule has 2 heterocycles. The Morgan fingerprint density at radius 1 is 1.09 bits per heavy atom. The predicted molar refractivity (Wildman–Crippen MR) is 131 cm³/mol. The maximum Gasteiger partial charge on any atom is 0.223 e. The van der Waals surface area contributed by atoms with Gasteiger partial charge < -0.3 is 10.2 Å². The Bertz CT molecular complexity index is 873. The number of nitrogens with zero attached hydrogens (tertiary/aromatic N) is 2. The second-order valence-electron chi connectivity index (χ2n) is 8.92. The number of nitrogens with one attached hydrogen (secondary N) is 1.